The largest absolute Gasteiger partial charge is 0.443 e. The van der Waals surface area contributed by atoms with Gasteiger partial charge in [0.25, 0.3) is 0 Å². The molecule has 148 valence electrons. The van der Waals surface area contributed by atoms with Crippen LogP contribution in [0.25, 0.3) is 17.0 Å². The minimum atomic E-state index is -0.611. The molecule has 6 heteroatoms. The molecule has 1 aliphatic rings. The van der Waals surface area contributed by atoms with Gasteiger partial charge in [0, 0.05) is 21.0 Å². The highest BCUT2D eigenvalue weighted by molar-refractivity contribution is 9.10. The predicted molar refractivity (Wildman–Crippen MR) is 120 cm³/mol. The van der Waals surface area contributed by atoms with Crippen LogP contribution < -0.4 is 0 Å². The minimum Gasteiger partial charge on any atom is -0.443 e. The molecular weight excluding hydrogens is 450 g/mol. The number of carbonyl (C=O) groups excluding carboxylic acids is 2. The maximum Gasteiger partial charge on any atom is 0.419 e. The van der Waals surface area contributed by atoms with E-state index in [0.717, 1.165) is 37.8 Å². The van der Waals surface area contributed by atoms with Crippen LogP contribution in [0.5, 0.6) is 0 Å². The number of hydrogen-bond donors (Lipinski definition) is 0. The monoisotopic (exact) mass is 469 g/mol. The van der Waals surface area contributed by atoms with Crippen LogP contribution in [-0.4, -0.2) is 22.5 Å². The summed E-state index contributed by atoms with van der Waals surface area (Å²) in [7, 11) is 0. The van der Waals surface area contributed by atoms with Crippen LogP contribution in [0.4, 0.5) is 4.79 Å². The van der Waals surface area contributed by atoms with Crippen LogP contribution >= 0.6 is 27.7 Å². The van der Waals surface area contributed by atoms with Crippen molar-refractivity contribution in [2.24, 2.45) is 0 Å². The third-order valence-electron chi connectivity index (χ3n) is 4.61. The van der Waals surface area contributed by atoms with E-state index in [1.54, 1.807) is 4.57 Å². The molecule has 1 aromatic heterocycles. The first kappa shape index (κ1) is 20.0. The van der Waals surface area contributed by atoms with Gasteiger partial charge in [0.05, 0.1) is 15.8 Å². The van der Waals surface area contributed by atoms with Crippen LogP contribution in [0.15, 0.2) is 63.6 Å². The molecule has 4 rings (SSSR count). The van der Waals surface area contributed by atoms with Gasteiger partial charge in [-0.3, -0.25) is 4.79 Å². The lowest BCUT2D eigenvalue weighted by Crippen LogP contribution is -2.27. The van der Waals surface area contributed by atoms with Crippen LogP contribution in [-0.2, 0) is 9.53 Å². The number of thioether (sulfide) groups is 1. The maximum atomic E-state index is 13.1. The van der Waals surface area contributed by atoms with E-state index >= 15 is 0 Å². The summed E-state index contributed by atoms with van der Waals surface area (Å²) in [6.45, 7) is 5.55. The Balaban J connectivity index is 1.93. The second-order valence-corrected chi connectivity index (χ2v) is 9.78. The Kier molecular flexibility index (Phi) is 5.17. The molecule has 2 aromatic carbocycles. The number of halogens is 1. The number of carbonyl (C=O) groups is 2. The van der Waals surface area contributed by atoms with Gasteiger partial charge in [0.2, 0.25) is 0 Å². The molecule has 4 nitrogen and oxygen atoms in total. The van der Waals surface area contributed by atoms with Crippen molar-refractivity contribution in [3.8, 4) is 0 Å². The number of hydrogen-bond acceptors (Lipinski definition) is 4. The second-order valence-electron chi connectivity index (χ2n) is 7.83. The summed E-state index contributed by atoms with van der Waals surface area (Å²) < 4.78 is 8.24. The van der Waals surface area contributed by atoms with Gasteiger partial charge < -0.3 is 4.74 Å². The minimum absolute atomic E-state index is 0.221. The summed E-state index contributed by atoms with van der Waals surface area (Å²) in [6, 6.07) is 15.5. The molecular formula is C23H20BrNO3S. The molecule has 0 aliphatic carbocycles. The summed E-state index contributed by atoms with van der Waals surface area (Å²) in [6.07, 6.45) is 2.38. The van der Waals surface area contributed by atoms with E-state index in [1.807, 2.05) is 75.4 Å². The number of para-hydroxylation sites is 1. The molecule has 3 aromatic rings. The average Bonchev–Trinajstić information content (AvgIpc) is 2.99. The Morgan fingerprint density at radius 1 is 1.14 bits per heavy atom. The first-order valence-corrected chi connectivity index (χ1v) is 10.9. The summed E-state index contributed by atoms with van der Waals surface area (Å²) >= 11 is 5.09. The van der Waals surface area contributed by atoms with Gasteiger partial charge in [-0.05, 0) is 44.5 Å². The van der Waals surface area contributed by atoms with Gasteiger partial charge in [0.1, 0.15) is 11.9 Å². The first-order chi connectivity index (χ1) is 13.8. The summed E-state index contributed by atoms with van der Waals surface area (Å²) in [5.41, 5.74) is 2.69. The van der Waals surface area contributed by atoms with E-state index in [9.17, 15) is 9.59 Å². The molecule has 0 amide bonds. The highest BCUT2D eigenvalue weighted by atomic mass is 79.9. The van der Waals surface area contributed by atoms with Crippen molar-refractivity contribution in [3.63, 3.8) is 0 Å². The number of benzene rings is 2. The average molecular weight is 470 g/mol. The first-order valence-electron chi connectivity index (χ1n) is 9.25. The van der Waals surface area contributed by atoms with Crippen LogP contribution in [0.3, 0.4) is 0 Å². The molecule has 0 fully saturated rings. The zero-order chi connectivity index (χ0) is 20.8. The number of fused-ring (bicyclic) bond motifs is 3. The topological polar surface area (TPSA) is 48.3 Å². The third-order valence-corrected chi connectivity index (χ3v) is 6.72. The molecule has 0 saturated carbocycles. The normalized spacial score (nSPS) is 16.3. The van der Waals surface area contributed by atoms with Crippen molar-refractivity contribution in [1.29, 1.82) is 0 Å². The van der Waals surface area contributed by atoms with E-state index in [0.29, 0.717) is 5.57 Å². The Morgan fingerprint density at radius 3 is 2.52 bits per heavy atom. The SMILES string of the molecule is CC(C)(C)OC(=O)n1c2c(c3ccccc31)C=C(C=O)[C@H](c1ccccc1Br)S2. The van der Waals surface area contributed by atoms with Crippen LogP contribution in [0, 0.1) is 0 Å². The smallest absolute Gasteiger partial charge is 0.419 e. The molecule has 0 saturated heterocycles. The molecule has 0 spiro atoms. The Labute approximate surface area is 182 Å². The fourth-order valence-corrected chi connectivity index (χ4v) is 5.49. The van der Waals surface area contributed by atoms with Crippen molar-refractivity contribution in [3.05, 3.63) is 69.7 Å². The summed E-state index contributed by atoms with van der Waals surface area (Å²) in [4.78, 5) is 25.0. The molecule has 1 aliphatic heterocycles. The highest BCUT2D eigenvalue weighted by Crippen LogP contribution is 2.50. The second kappa shape index (κ2) is 7.50. The Hall–Kier alpha value is -2.31. The number of aldehydes is 1. The Morgan fingerprint density at radius 2 is 1.83 bits per heavy atom. The third kappa shape index (κ3) is 3.67. The van der Waals surface area contributed by atoms with Crippen molar-refractivity contribution in [2.75, 3.05) is 0 Å². The molecule has 0 unspecified atom stereocenters. The van der Waals surface area contributed by atoms with Crippen LogP contribution in [0.2, 0.25) is 0 Å². The van der Waals surface area contributed by atoms with E-state index in [1.165, 1.54) is 11.8 Å². The Bertz CT molecular complexity index is 1160. The fourth-order valence-electron chi connectivity index (χ4n) is 3.43. The molecule has 0 N–H and O–H groups in total. The number of aromatic nitrogens is 1. The standard InChI is InChI=1S/C23H20BrNO3S/c1-23(2,3)28-22(27)25-19-11-7-5-8-15(19)17-12-14(13-26)20(29-21(17)25)16-9-4-6-10-18(16)24/h4-13,20H,1-3H3/t20-/m1/s1. The summed E-state index contributed by atoms with van der Waals surface area (Å²) in [5.74, 6) is 0. The van der Waals surface area contributed by atoms with E-state index in [4.69, 9.17) is 4.74 Å². The number of nitrogens with zero attached hydrogens (tertiary/aromatic N) is 1. The van der Waals surface area contributed by atoms with Crippen LogP contribution in [0.1, 0.15) is 37.1 Å². The lowest BCUT2D eigenvalue weighted by Gasteiger charge is -2.25. The van der Waals surface area contributed by atoms with Gasteiger partial charge in [-0.25, -0.2) is 9.36 Å². The predicted octanol–water partition coefficient (Wildman–Crippen LogP) is 6.62. The molecule has 0 radical (unpaired) electrons. The zero-order valence-electron chi connectivity index (χ0n) is 16.3. The van der Waals surface area contributed by atoms with Crippen molar-refractivity contribution >= 4 is 57.1 Å². The molecule has 0 bridgehead atoms. The number of ether oxygens (including phenoxy) is 1. The lowest BCUT2D eigenvalue weighted by atomic mass is 10.0. The van der Waals surface area contributed by atoms with Crippen molar-refractivity contribution in [1.82, 2.24) is 4.57 Å². The molecule has 1 atom stereocenters. The van der Waals surface area contributed by atoms with E-state index in [-0.39, 0.29) is 5.25 Å². The van der Waals surface area contributed by atoms with Gasteiger partial charge in [-0.1, -0.05) is 64.1 Å². The van der Waals surface area contributed by atoms with Gasteiger partial charge in [-0.2, -0.15) is 0 Å². The molecule has 29 heavy (non-hydrogen) atoms. The maximum absolute atomic E-state index is 13.1. The summed E-state index contributed by atoms with van der Waals surface area (Å²) in [5, 5.41) is 1.48. The molecule has 2 heterocycles. The van der Waals surface area contributed by atoms with Crippen molar-refractivity contribution < 1.29 is 14.3 Å². The zero-order valence-corrected chi connectivity index (χ0v) is 18.7. The quantitative estimate of drug-likeness (QED) is 0.395. The van der Waals surface area contributed by atoms with Gasteiger partial charge in [0.15, 0.2) is 0 Å². The van der Waals surface area contributed by atoms with Gasteiger partial charge in [-0.15, -0.1) is 0 Å². The van der Waals surface area contributed by atoms with E-state index in [2.05, 4.69) is 15.9 Å². The van der Waals surface area contributed by atoms with Gasteiger partial charge >= 0.3 is 6.09 Å². The van der Waals surface area contributed by atoms with E-state index < -0.39 is 11.7 Å². The van der Waals surface area contributed by atoms with Crippen molar-refractivity contribution in [2.45, 2.75) is 36.6 Å². The highest BCUT2D eigenvalue weighted by Gasteiger charge is 2.32. The number of rotatable bonds is 2. The lowest BCUT2D eigenvalue weighted by molar-refractivity contribution is -0.104. The fraction of sp³-hybridized carbons (Fsp3) is 0.217.